The molecule has 19 heavy (non-hydrogen) atoms. The van der Waals surface area contributed by atoms with E-state index in [4.69, 9.17) is 0 Å². The Kier molecular flexibility index (Phi) is 6.63. The van der Waals surface area contributed by atoms with Crippen molar-refractivity contribution in [2.45, 2.75) is 38.8 Å². The molecule has 0 radical (unpaired) electrons. The Morgan fingerprint density at radius 1 is 1.21 bits per heavy atom. The summed E-state index contributed by atoms with van der Waals surface area (Å²) in [5, 5.41) is 0.951. The summed E-state index contributed by atoms with van der Waals surface area (Å²) in [5.41, 5.74) is 1.75. The average molecular weight is 335 g/mol. The lowest BCUT2D eigenvalue weighted by Gasteiger charge is -2.07. The monoisotopic (exact) mass is 334 g/mol. The molecule has 0 amide bonds. The van der Waals surface area contributed by atoms with Crippen molar-refractivity contribution in [1.29, 1.82) is 0 Å². The maximum Gasteiger partial charge on any atom is 0.416 e. The summed E-state index contributed by atoms with van der Waals surface area (Å²) in [6.45, 7) is 2.12. The maximum absolute atomic E-state index is 12.4. The fraction of sp³-hybridized carbons (Fsp3) is 0.467. The van der Waals surface area contributed by atoms with Crippen LogP contribution in [0.2, 0.25) is 0 Å². The first-order chi connectivity index (χ1) is 8.97. The Morgan fingerprint density at radius 2 is 1.84 bits per heavy atom. The summed E-state index contributed by atoms with van der Waals surface area (Å²) >= 11 is 3.41. The second-order valence-electron chi connectivity index (χ2n) is 4.39. The van der Waals surface area contributed by atoms with Crippen LogP contribution >= 0.6 is 15.9 Å². The molecule has 106 valence electrons. The molecule has 0 atom stereocenters. The van der Waals surface area contributed by atoms with Gasteiger partial charge in [0.05, 0.1) is 5.56 Å². The first kappa shape index (κ1) is 16.3. The number of hydrogen-bond acceptors (Lipinski definition) is 0. The molecule has 0 aromatic heterocycles. The van der Waals surface area contributed by atoms with Gasteiger partial charge >= 0.3 is 6.18 Å². The van der Waals surface area contributed by atoms with E-state index in [0.717, 1.165) is 48.7 Å². The van der Waals surface area contributed by atoms with Crippen LogP contribution in [-0.2, 0) is 12.6 Å². The van der Waals surface area contributed by atoms with Crippen LogP contribution in [-0.4, -0.2) is 5.33 Å². The molecule has 0 aliphatic rings. The van der Waals surface area contributed by atoms with Crippen LogP contribution in [0.15, 0.2) is 35.9 Å². The normalized spacial score (nSPS) is 12.8. The van der Waals surface area contributed by atoms with Gasteiger partial charge in [0.1, 0.15) is 0 Å². The second-order valence-corrected chi connectivity index (χ2v) is 5.18. The number of allylic oxidation sites excluding steroid dienone is 2. The highest BCUT2D eigenvalue weighted by molar-refractivity contribution is 9.09. The fourth-order valence-electron chi connectivity index (χ4n) is 1.85. The minimum Gasteiger partial charge on any atom is -0.166 e. The van der Waals surface area contributed by atoms with Gasteiger partial charge in [0.25, 0.3) is 0 Å². The lowest BCUT2D eigenvalue weighted by Crippen LogP contribution is -2.04. The van der Waals surface area contributed by atoms with Gasteiger partial charge in [0, 0.05) is 5.33 Å². The molecular formula is C15H18BrF3. The molecule has 0 N–H and O–H groups in total. The van der Waals surface area contributed by atoms with Crippen LogP contribution in [0.25, 0.3) is 0 Å². The van der Waals surface area contributed by atoms with Crippen LogP contribution in [0.5, 0.6) is 0 Å². The molecule has 0 aliphatic heterocycles. The van der Waals surface area contributed by atoms with Gasteiger partial charge < -0.3 is 0 Å². The van der Waals surface area contributed by atoms with Gasteiger partial charge in [-0.05, 0) is 43.4 Å². The maximum atomic E-state index is 12.4. The van der Waals surface area contributed by atoms with Crippen molar-refractivity contribution in [2.75, 3.05) is 5.33 Å². The topological polar surface area (TPSA) is 0 Å². The predicted molar refractivity (Wildman–Crippen MR) is 76.6 cm³/mol. The van der Waals surface area contributed by atoms with Gasteiger partial charge in [0.2, 0.25) is 0 Å². The molecule has 4 heteroatoms. The summed E-state index contributed by atoms with van der Waals surface area (Å²) < 4.78 is 37.2. The number of alkyl halides is 4. The Balaban J connectivity index is 2.55. The second kappa shape index (κ2) is 7.73. The molecule has 0 nitrogen and oxygen atoms in total. The highest BCUT2D eigenvalue weighted by Crippen LogP contribution is 2.29. The SMILES string of the molecule is CCC(=CCCc1ccc(C(F)(F)F)cc1)CCBr. The van der Waals surface area contributed by atoms with Gasteiger partial charge in [-0.15, -0.1) is 0 Å². The van der Waals surface area contributed by atoms with E-state index in [1.807, 2.05) is 0 Å². The largest absolute Gasteiger partial charge is 0.416 e. The minimum atomic E-state index is -4.25. The van der Waals surface area contributed by atoms with E-state index in [0.29, 0.717) is 0 Å². The van der Waals surface area contributed by atoms with E-state index in [9.17, 15) is 13.2 Å². The fourth-order valence-corrected chi connectivity index (χ4v) is 2.36. The van der Waals surface area contributed by atoms with Crippen LogP contribution < -0.4 is 0 Å². The molecular weight excluding hydrogens is 317 g/mol. The van der Waals surface area contributed by atoms with Crippen molar-refractivity contribution >= 4 is 15.9 Å². The van der Waals surface area contributed by atoms with Gasteiger partial charge in [-0.25, -0.2) is 0 Å². The Bertz CT molecular complexity index is 404. The van der Waals surface area contributed by atoms with E-state index >= 15 is 0 Å². The summed E-state index contributed by atoms with van der Waals surface area (Å²) in [7, 11) is 0. The summed E-state index contributed by atoms with van der Waals surface area (Å²) in [5.74, 6) is 0. The summed E-state index contributed by atoms with van der Waals surface area (Å²) in [4.78, 5) is 0. The van der Waals surface area contributed by atoms with Gasteiger partial charge in [0.15, 0.2) is 0 Å². The van der Waals surface area contributed by atoms with Crippen LogP contribution in [0.4, 0.5) is 13.2 Å². The molecule has 0 unspecified atom stereocenters. The molecule has 0 spiro atoms. The Hall–Kier alpha value is -0.770. The molecule has 0 fully saturated rings. The Morgan fingerprint density at radius 3 is 2.32 bits per heavy atom. The van der Waals surface area contributed by atoms with Gasteiger partial charge in [-0.3, -0.25) is 0 Å². The number of rotatable bonds is 6. The standard InChI is InChI=1S/C15H18BrF3/c1-2-12(10-11-16)4-3-5-13-6-8-14(9-7-13)15(17,18)19/h4,6-9H,2-3,5,10-11H2,1H3. The zero-order valence-corrected chi connectivity index (χ0v) is 12.5. The van der Waals surface area contributed by atoms with E-state index < -0.39 is 11.7 Å². The lowest BCUT2D eigenvalue weighted by molar-refractivity contribution is -0.137. The molecule has 0 saturated heterocycles. The van der Waals surface area contributed by atoms with Crippen LogP contribution in [0, 0.1) is 0 Å². The number of benzene rings is 1. The van der Waals surface area contributed by atoms with Crippen molar-refractivity contribution in [1.82, 2.24) is 0 Å². The van der Waals surface area contributed by atoms with Crippen molar-refractivity contribution in [3.8, 4) is 0 Å². The molecule has 0 saturated carbocycles. The van der Waals surface area contributed by atoms with Crippen LogP contribution in [0.3, 0.4) is 0 Å². The zero-order valence-electron chi connectivity index (χ0n) is 10.9. The third-order valence-electron chi connectivity index (χ3n) is 3.02. The first-order valence-electron chi connectivity index (χ1n) is 6.37. The van der Waals surface area contributed by atoms with Crippen molar-refractivity contribution in [3.63, 3.8) is 0 Å². The zero-order chi connectivity index (χ0) is 14.3. The van der Waals surface area contributed by atoms with Crippen molar-refractivity contribution in [2.24, 2.45) is 0 Å². The van der Waals surface area contributed by atoms with E-state index in [-0.39, 0.29) is 0 Å². The Labute approximate surface area is 120 Å². The number of aryl methyl sites for hydroxylation is 1. The first-order valence-corrected chi connectivity index (χ1v) is 7.49. The van der Waals surface area contributed by atoms with Crippen molar-refractivity contribution in [3.05, 3.63) is 47.0 Å². The average Bonchev–Trinajstić information content (AvgIpc) is 2.37. The van der Waals surface area contributed by atoms with Gasteiger partial charge in [-0.1, -0.05) is 46.6 Å². The van der Waals surface area contributed by atoms with E-state index in [2.05, 4.69) is 28.9 Å². The predicted octanol–water partition coefficient (Wildman–Crippen LogP) is 5.76. The lowest BCUT2D eigenvalue weighted by atomic mass is 10.0. The van der Waals surface area contributed by atoms with E-state index in [1.165, 1.54) is 5.57 Å². The molecule has 0 bridgehead atoms. The molecule has 1 rings (SSSR count). The highest BCUT2D eigenvalue weighted by atomic mass is 79.9. The summed E-state index contributed by atoms with van der Waals surface area (Å²) in [6.07, 6.45) is 1.66. The van der Waals surface area contributed by atoms with Crippen LogP contribution in [0.1, 0.15) is 37.3 Å². The van der Waals surface area contributed by atoms with Gasteiger partial charge in [-0.2, -0.15) is 13.2 Å². The molecule has 0 aliphatic carbocycles. The third-order valence-corrected chi connectivity index (χ3v) is 3.41. The smallest absolute Gasteiger partial charge is 0.166 e. The quantitative estimate of drug-likeness (QED) is 0.458. The van der Waals surface area contributed by atoms with E-state index in [1.54, 1.807) is 12.1 Å². The minimum absolute atomic E-state index is 0.583. The number of hydrogen-bond donors (Lipinski definition) is 0. The molecule has 1 aromatic rings. The molecule has 0 heterocycles. The third kappa shape index (κ3) is 5.81. The van der Waals surface area contributed by atoms with Crippen molar-refractivity contribution < 1.29 is 13.2 Å². The number of halogens is 4. The summed E-state index contributed by atoms with van der Waals surface area (Å²) in [6, 6.07) is 5.43. The highest BCUT2D eigenvalue weighted by Gasteiger charge is 2.29. The molecule has 1 aromatic carbocycles.